The van der Waals surface area contributed by atoms with Crippen molar-refractivity contribution in [2.45, 2.75) is 24.9 Å². The quantitative estimate of drug-likeness (QED) is 0.170. The molecule has 0 saturated carbocycles. The van der Waals surface area contributed by atoms with Crippen LogP contribution in [0.3, 0.4) is 0 Å². The topological polar surface area (TPSA) is 250 Å². The second-order valence-corrected chi connectivity index (χ2v) is 10.8. The van der Waals surface area contributed by atoms with E-state index in [-0.39, 0.29) is 5.82 Å². The Labute approximate surface area is 184 Å². The fourth-order valence-corrected chi connectivity index (χ4v) is 5.94. The first-order valence-corrected chi connectivity index (χ1v) is 13.1. The zero-order valence-corrected chi connectivity index (χ0v) is 19.2. The third-order valence-corrected chi connectivity index (χ3v) is 7.89. The summed E-state index contributed by atoms with van der Waals surface area (Å²) in [5, 5.41) is 9.70. The molecular formula is C13H19FN3O13P3. The molecule has 1 fully saturated rings. The number of hydrogen-bond acceptors (Lipinski definition) is 11. The van der Waals surface area contributed by atoms with E-state index in [0.717, 1.165) is 12.3 Å². The lowest BCUT2D eigenvalue weighted by Crippen LogP contribution is -2.42. The zero-order chi connectivity index (χ0) is 25.2. The normalized spacial score (nSPS) is 29.0. The van der Waals surface area contributed by atoms with Gasteiger partial charge in [-0.25, -0.2) is 22.9 Å². The second kappa shape index (κ2) is 10.0. The number of halogens is 1. The van der Waals surface area contributed by atoms with Crippen LogP contribution in [-0.2, 0) is 31.6 Å². The average molecular weight is 537 g/mol. The highest BCUT2D eigenvalue weighted by atomic mass is 31.3. The number of phosphoric acid groups is 3. The van der Waals surface area contributed by atoms with Crippen LogP contribution in [-0.4, -0.2) is 59.2 Å². The summed E-state index contributed by atoms with van der Waals surface area (Å²) in [7, 11) is -16.9. The molecule has 16 nitrogen and oxygen atoms in total. The highest BCUT2D eigenvalue weighted by Gasteiger charge is 2.58. The zero-order valence-electron chi connectivity index (χ0n) is 16.5. The maximum atomic E-state index is 15.8. The maximum Gasteiger partial charge on any atom is 0.490 e. The highest BCUT2D eigenvalue weighted by Crippen LogP contribution is 2.66. The van der Waals surface area contributed by atoms with E-state index >= 15 is 4.39 Å². The number of aliphatic hydroxyl groups is 1. The molecule has 1 aliphatic heterocycles. The van der Waals surface area contributed by atoms with E-state index in [1.807, 2.05) is 0 Å². The Bertz CT molecular complexity index is 1150. The molecule has 0 radical (unpaired) electrons. The third-order valence-electron chi connectivity index (χ3n) is 4.09. The van der Waals surface area contributed by atoms with E-state index in [2.05, 4.69) is 30.0 Å². The Morgan fingerprint density at radius 2 is 1.91 bits per heavy atom. The number of aromatic nitrogens is 2. The molecule has 33 heavy (non-hydrogen) atoms. The lowest BCUT2D eigenvalue weighted by molar-refractivity contribution is -0.0521. The molecule has 0 amide bonds. The third kappa shape index (κ3) is 7.00. The molecule has 2 rings (SSSR count). The van der Waals surface area contributed by atoms with Gasteiger partial charge in [0.2, 0.25) is 5.67 Å². The maximum absolute atomic E-state index is 15.8. The van der Waals surface area contributed by atoms with Crippen molar-refractivity contribution in [3.8, 4) is 11.8 Å². The van der Waals surface area contributed by atoms with Gasteiger partial charge in [0.25, 0.3) is 0 Å². The van der Waals surface area contributed by atoms with Gasteiger partial charge in [0.05, 0.1) is 25.2 Å². The van der Waals surface area contributed by atoms with E-state index in [9.17, 15) is 33.4 Å². The molecular weight excluding hydrogens is 518 g/mol. The summed E-state index contributed by atoms with van der Waals surface area (Å²) in [6.07, 6.45) is -2.36. The second-order valence-electron chi connectivity index (χ2n) is 6.39. The number of nitrogens with zero attached hydrogens (tertiary/aromatic N) is 2. The minimum atomic E-state index is -5.78. The van der Waals surface area contributed by atoms with Gasteiger partial charge in [-0.3, -0.25) is 9.09 Å². The molecule has 0 spiro atoms. The summed E-state index contributed by atoms with van der Waals surface area (Å²) in [6.45, 7) is -0.765. The molecule has 1 aromatic rings. The highest BCUT2D eigenvalue weighted by molar-refractivity contribution is 7.66. The summed E-state index contributed by atoms with van der Waals surface area (Å²) >= 11 is 0. The smallest absolute Gasteiger partial charge is 0.396 e. The fraction of sp³-hybridized carbons (Fsp3) is 0.538. The van der Waals surface area contributed by atoms with E-state index in [0.29, 0.717) is 4.57 Å². The standard InChI is InChI=1S/C13H19FN3O13P3/c1-2-4-13(14)8(6-18)9(28-11(13)17-5-3-10(15)16-12(17)19)7-27-32(23,24)30-33(25,26)29-31(20,21)22/h3,5,8-9,11,18H,6-7H2,1H3,(H,23,24)(H,25,26)(H2,15,16,19)(H2,20,21,22)/t8?,9-,11-,13?/m1/s1. The minimum Gasteiger partial charge on any atom is -0.396 e. The largest absolute Gasteiger partial charge is 0.490 e. The number of rotatable bonds is 9. The molecule has 0 bridgehead atoms. The van der Waals surface area contributed by atoms with Crippen molar-refractivity contribution in [1.82, 2.24) is 9.55 Å². The van der Waals surface area contributed by atoms with Crippen LogP contribution in [0.4, 0.5) is 10.2 Å². The van der Waals surface area contributed by atoms with E-state index in [4.69, 9.17) is 20.3 Å². The Hall–Kier alpha value is -1.50. The molecule has 1 saturated heterocycles. The summed E-state index contributed by atoms with van der Waals surface area (Å²) in [5.74, 6) is 2.70. The number of anilines is 1. The molecule has 4 unspecified atom stereocenters. The molecule has 20 heteroatoms. The number of aliphatic hydroxyl groups excluding tert-OH is 1. The van der Waals surface area contributed by atoms with Crippen molar-refractivity contribution in [3.05, 3.63) is 22.7 Å². The Morgan fingerprint density at radius 1 is 1.27 bits per heavy atom. The van der Waals surface area contributed by atoms with Crippen LogP contribution in [0.15, 0.2) is 17.1 Å². The van der Waals surface area contributed by atoms with Gasteiger partial charge in [0.15, 0.2) is 6.23 Å². The molecule has 6 atom stereocenters. The Morgan fingerprint density at radius 3 is 2.42 bits per heavy atom. The number of hydrogen-bond donors (Lipinski definition) is 6. The van der Waals surface area contributed by atoms with Gasteiger partial charge in [-0.1, -0.05) is 5.92 Å². The summed E-state index contributed by atoms with van der Waals surface area (Å²) in [6, 6.07) is 1.15. The Balaban J connectivity index is 2.28. The summed E-state index contributed by atoms with van der Waals surface area (Å²) in [4.78, 5) is 51.4. The SMILES string of the molecule is CC#CC1(F)C(CO)[C@@H](COP(=O)(O)OP(=O)(O)OP(=O)(O)O)O[C@H]1n1ccc(N)nc1=O. The molecule has 1 aliphatic rings. The van der Waals surface area contributed by atoms with Crippen LogP contribution < -0.4 is 11.4 Å². The first-order valence-electron chi connectivity index (χ1n) is 8.56. The van der Waals surface area contributed by atoms with Gasteiger partial charge < -0.3 is 35.2 Å². The van der Waals surface area contributed by atoms with E-state index in [1.165, 1.54) is 6.92 Å². The molecule has 2 heterocycles. The van der Waals surface area contributed by atoms with Gasteiger partial charge >= 0.3 is 29.2 Å². The monoisotopic (exact) mass is 537 g/mol. The van der Waals surface area contributed by atoms with E-state index in [1.54, 1.807) is 0 Å². The van der Waals surface area contributed by atoms with Crippen LogP contribution in [0.1, 0.15) is 13.2 Å². The van der Waals surface area contributed by atoms with Crippen molar-refractivity contribution in [1.29, 1.82) is 0 Å². The fourth-order valence-electron chi connectivity index (χ4n) is 2.91. The van der Waals surface area contributed by atoms with Gasteiger partial charge in [-0.2, -0.15) is 13.6 Å². The van der Waals surface area contributed by atoms with Gasteiger partial charge in [-0.05, 0) is 13.0 Å². The van der Waals surface area contributed by atoms with Crippen LogP contribution >= 0.6 is 23.5 Å². The lowest BCUT2D eigenvalue weighted by Gasteiger charge is -2.26. The minimum absolute atomic E-state index is 0.178. The summed E-state index contributed by atoms with van der Waals surface area (Å²) in [5.41, 5.74) is 1.62. The summed E-state index contributed by atoms with van der Waals surface area (Å²) < 4.78 is 67.5. The van der Waals surface area contributed by atoms with Crippen LogP contribution in [0.2, 0.25) is 0 Å². The van der Waals surface area contributed by atoms with Crippen LogP contribution in [0, 0.1) is 17.8 Å². The average Bonchev–Trinajstić information content (AvgIpc) is 2.88. The lowest BCUT2D eigenvalue weighted by atomic mass is 9.87. The van der Waals surface area contributed by atoms with Crippen molar-refractivity contribution in [2.75, 3.05) is 18.9 Å². The molecule has 186 valence electrons. The number of nitrogen functional groups attached to an aromatic ring is 1. The first-order chi connectivity index (χ1) is 15.0. The van der Waals surface area contributed by atoms with Crippen molar-refractivity contribution in [2.24, 2.45) is 5.92 Å². The number of alkyl halides is 1. The predicted octanol–water partition coefficient (Wildman–Crippen LogP) is -0.594. The van der Waals surface area contributed by atoms with Gasteiger partial charge in [0, 0.05) is 6.20 Å². The molecule has 0 aromatic carbocycles. The number of nitrogens with two attached hydrogens (primary N) is 1. The Kier molecular flexibility index (Phi) is 8.41. The van der Waals surface area contributed by atoms with Crippen molar-refractivity contribution >= 4 is 29.3 Å². The number of phosphoric ester groups is 1. The van der Waals surface area contributed by atoms with E-state index < -0.39 is 66.3 Å². The van der Waals surface area contributed by atoms with Crippen molar-refractivity contribution < 1.29 is 60.6 Å². The van der Waals surface area contributed by atoms with Crippen molar-refractivity contribution in [3.63, 3.8) is 0 Å². The first kappa shape index (κ1) is 27.7. The number of ether oxygens (including phenoxy) is 1. The molecule has 0 aliphatic carbocycles. The van der Waals surface area contributed by atoms with Gasteiger partial charge in [-0.15, -0.1) is 5.92 Å². The molecule has 1 aromatic heterocycles. The predicted molar refractivity (Wildman–Crippen MR) is 105 cm³/mol. The van der Waals surface area contributed by atoms with Crippen LogP contribution in [0.25, 0.3) is 0 Å². The van der Waals surface area contributed by atoms with Gasteiger partial charge in [0.1, 0.15) is 5.82 Å². The molecule has 7 N–H and O–H groups in total. The van der Waals surface area contributed by atoms with Crippen LogP contribution in [0.5, 0.6) is 0 Å².